The maximum atomic E-state index is 11.9. The number of aryl methyl sites for hydroxylation is 1. The van der Waals surface area contributed by atoms with Crippen molar-refractivity contribution in [3.8, 4) is 0 Å². The summed E-state index contributed by atoms with van der Waals surface area (Å²) in [5.41, 5.74) is 0.890. The van der Waals surface area contributed by atoms with E-state index in [4.69, 9.17) is 0 Å². The number of hydrogen-bond acceptors (Lipinski definition) is 3. The van der Waals surface area contributed by atoms with Gasteiger partial charge < -0.3 is 10.4 Å². The number of thiophene rings is 1. The molecule has 2 N–H and O–H groups in total. The Bertz CT molecular complexity index is 554. The van der Waals surface area contributed by atoms with E-state index in [9.17, 15) is 9.90 Å². The van der Waals surface area contributed by atoms with Crippen molar-refractivity contribution in [3.63, 3.8) is 0 Å². The lowest BCUT2D eigenvalue weighted by Gasteiger charge is -2.18. The third-order valence-electron chi connectivity index (χ3n) is 3.58. The molecule has 2 unspecified atom stereocenters. The summed E-state index contributed by atoms with van der Waals surface area (Å²) in [6.45, 7) is 1.93. The van der Waals surface area contributed by atoms with Crippen molar-refractivity contribution in [3.05, 3.63) is 58.3 Å². The second-order valence-electron chi connectivity index (χ2n) is 5.56. The second kappa shape index (κ2) is 8.71. The molecule has 2 rings (SSSR count). The van der Waals surface area contributed by atoms with Gasteiger partial charge >= 0.3 is 0 Å². The van der Waals surface area contributed by atoms with Crippen molar-refractivity contribution in [2.45, 2.75) is 44.8 Å². The zero-order valence-electron chi connectivity index (χ0n) is 12.9. The highest BCUT2D eigenvalue weighted by molar-refractivity contribution is 7.09. The quantitative estimate of drug-likeness (QED) is 0.780. The van der Waals surface area contributed by atoms with Gasteiger partial charge in [-0.25, -0.2) is 0 Å². The fraction of sp³-hybridized carbons (Fsp3) is 0.389. The number of aliphatic hydroxyl groups is 1. The van der Waals surface area contributed by atoms with Crippen molar-refractivity contribution in [2.24, 2.45) is 0 Å². The minimum absolute atomic E-state index is 0.0376. The number of aliphatic hydroxyl groups excluding tert-OH is 1. The number of benzene rings is 1. The maximum Gasteiger partial charge on any atom is 0.220 e. The van der Waals surface area contributed by atoms with Gasteiger partial charge in [-0.3, -0.25) is 4.79 Å². The van der Waals surface area contributed by atoms with Crippen LogP contribution in [0.2, 0.25) is 0 Å². The molecule has 118 valence electrons. The third-order valence-corrected chi connectivity index (χ3v) is 4.51. The zero-order valence-corrected chi connectivity index (χ0v) is 13.7. The van der Waals surface area contributed by atoms with Crippen LogP contribution in [0.1, 0.15) is 42.7 Å². The average Bonchev–Trinajstić information content (AvgIpc) is 3.01. The van der Waals surface area contributed by atoms with Gasteiger partial charge in [0.2, 0.25) is 5.91 Å². The van der Waals surface area contributed by atoms with Crippen LogP contribution in [-0.4, -0.2) is 17.1 Å². The van der Waals surface area contributed by atoms with E-state index < -0.39 is 6.10 Å². The molecular weight excluding hydrogens is 294 g/mol. The van der Waals surface area contributed by atoms with E-state index in [0.29, 0.717) is 12.8 Å². The Kier molecular flexibility index (Phi) is 6.62. The molecule has 0 saturated carbocycles. The van der Waals surface area contributed by atoms with Crippen LogP contribution in [0.3, 0.4) is 0 Å². The monoisotopic (exact) mass is 317 g/mol. The Morgan fingerprint density at radius 2 is 2.00 bits per heavy atom. The summed E-state index contributed by atoms with van der Waals surface area (Å²) in [5.74, 6) is 0.0596. The summed E-state index contributed by atoms with van der Waals surface area (Å²) in [6.07, 6.45) is 2.33. The molecule has 0 radical (unpaired) electrons. The first-order valence-corrected chi connectivity index (χ1v) is 8.58. The smallest absolute Gasteiger partial charge is 0.220 e. The van der Waals surface area contributed by atoms with Crippen molar-refractivity contribution in [1.82, 2.24) is 5.32 Å². The van der Waals surface area contributed by atoms with Crippen molar-refractivity contribution < 1.29 is 9.90 Å². The van der Waals surface area contributed by atoms with Crippen molar-refractivity contribution >= 4 is 17.2 Å². The van der Waals surface area contributed by atoms with Gasteiger partial charge in [-0.15, -0.1) is 11.3 Å². The Balaban J connectivity index is 1.67. The highest BCUT2D eigenvalue weighted by Crippen LogP contribution is 2.18. The normalized spacial score (nSPS) is 13.5. The Labute approximate surface area is 136 Å². The molecule has 1 heterocycles. The molecule has 0 spiro atoms. The average molecular weight is 317 g/mol. The Morgan fingerprint density at radius 1 is 1.23 bits per heavy atom. The van der Waals surface area contributed by atoms with Crippen LogP contribution in [0.25, 0.3) is 0 Å². The molecule has 22 heavy (non-hydrogen) atoms. The minimum Gasteiger partial charge on any atom is -0.388 e. The molecule has 0 saturated heterocycles. The van der Waals surface area contributed by atoms with Gasteiger partial charge in [0.05, 0.1) is 6.10 Å². The summed E-state index contributed by atoms with van der Waals surface area (Å²) in [7, 11) is 0. The highest BCUT2D eigenvalue weighted by atomic mass is 32.1. The number of hydrogen-bond donors (Lipinski definition) is 2. The number of nitrogens with one attached hydrogen (secondary N) is 1. The lowest BCUT2D eigenvalue weighted by atomic mass is 10.0. The molecule has 0 bridgehead atoms. The predicted molar refractivity (Wildman–Crippen MR) is 90.9 cm³/mol. The topological polar surface area (TPSA) is 49.3 Å². The van der Waals surface area contributed by atoms with E-state index in [-0.39, 0.29) is 11.9 Å². The second-order valence-corrected chi connectivity index (χ2v) is 6.60. The van der Waals surface area contributed by atoms with Crippen LogP contribution < -0.4 is 5.32 Å². The van der Waals surface area contributed by atoms with Crippen LogP contribution in [0, 0.1) is 0 Å². The van der Waals surface area contributed by atoms with Crippen LogP contribution in [0.15, 0.2) is 47.8 Å². The van der Waals surface area contributed by atoms with E-state index in [0.717, 1.165) is 18.4 Å². The molecule has 4 heteroatoms. The molecular formula is C18H23NO2S. The first kappa shape index (κ1) is 16.7. The SMILES string of the molecule is CC(CC(O)c1ccccc1)NC(=O)CCCc1cccs1. The maximum absolute atomic E-state index is 11.9. The molecule has 2 atom stereocenters. The summed E-state index contributed by atoms with van der Waals surface area (Å²) >= 11 is 1.73. The predicted octanol–water partition coefficient (Wildman–Crippen LogP) is 3.70. The van der Waals surface area contributed by atoms with E-state index in [2.05, 4.69) is 16.8 Å². The number of carbonyl (C=O) groups is 1. The molecule has 0 aliphatic carbocycles. The van der Waals surface area contributed by atoms with Crippen LogP contribution in [0.4, 0.5) is 0 Å². The standard InChI is InChI=1S/C18H23NO2S/c1-14(13-17(20)15-7-3-2-4-8-15)19-18(21)11-5-9-16-10-6-12-22-16/h2-4,6-8,10,12,14,17,20H,5,9,11,13H2,1H3,(H,19,21). The number of amides is 1. The molecule has 1 aromatic heterocycles. The van der Waals surface area contributed by atoms with Gasteiger partial charge in [-0.1, -0.05) is 36.4 Å². The van der Waals surface area contributed by atoms with Crippen LogP contribution in [-0.2, 0) is 11.2 Å². The van der Waals surface area contributed by atoms with Gasteiger partial charge in [-0.2, -0.15) is 0 Å². The molecule has 1 amide bonds. The fourth-order valence-corrected chi connectivity index (χ4v) is 3.18. The lowest BCUT2D eigenvalue weighted by Crippen LogP contribution is -2.33. The lowest BCUT2D eigenvalue weighted by molar-refractivity contribution is -0.121. The first-order valence-electron chi connectivity index (χ1n) is 7.70. The first-order chi connectivity index (χ1) is 10.6. The molecule has 0 aliphatic heterocycles. The molecule has 1 aromatic carbocycles. The summed E-state index contributed by atoms with van der Waals surface area (Å²) in [4.78, 5) is 13.2. The largest absolute Gasteiger partial charge is 0.388 e. The zero-order chi connectivity index (χ0) is 15.8. The van der Waals surface area contributed by atoms with Gasteiger partial charge in [0.25, 0.3) is 0 Å². The van der Waals surface area contributed by atoms with Gasteiger partial charge in [0, 0.05) is 17.3 Å². The van der Waals surface area contributed by atoms with Crippen molar-refractivity contribution in [2.75, 3.05) is 0 Å². The Morgan fingerprint density at radius 3 is 2.68 bits per heavy atom. The number of rotatable bonds is 8. The minimum atomic E-state index is -0.539. The summed E-state index contributed by atoms with van der Waals surface area (Å²) in [5, 5.41) is 15.2. The Hall–Kier alpha value is -1.65. The molecule has 2 aromatic rings. The van der Waals surface area contributed by atoms with Gasteiger partial charge in [-0.05, 0) is 43.2 Å². The van der Waals surface area contributed by atoms with Crippen molar-refractivity contribution in [1.29, 1.82) is 0 Å². The van der Waals surface area contributed by atoms with E-state index in [1.54, 1.807) is 11.3 Å². The summed E-state index contributed by atoms with van der Waals surface area (Å²) in [6, 6.07) is 13.6. The van der Waals surface area contributed by atoms with Gasteiger partial charge in [0.1, 0.15) is 0 Å². The third kappa shape index (κ3) is 5.62. The molecule has 3 nitrogen and oxygen atoms in total. The van der Waals surface area contributed by atoms with E-state index >= 15 is 0 Å². The van der Waals surface area contributed by atoms with E-state index in [1.165, 1.54) is 4.88 Å². The van der Waals surface area contributed by atoms with Crippen LogP contribution in [0.5, 0.6) is 0 Å². The summed E-state index contributed by atoms with van der Waals surface area (Å²) < 4.78 is 0. The van der Waals surface area contributed by atoms with E-state index in [1.807, 2.05) is 43.3 Å². The fourth-order valence-electron chi connectivity index (χ4n) is 2.43. The van der Waals surface area contributed by atoms with Gasteiger partial charge in [0.15, 0.2) is 0 Å². The van der Waals surface area contributed by atoms with Crippen LogP contribution >= 0.6 is 11.3 Å². The highest BCUT2D eigenvalue weighted by Gasteiger charge is 2.14. The molecule has 0 aliphatic rings. The molecule has 0 fully saturated rings. The number of carbonyl (C=O) groups excluding carboxylic acids is 1.